The highest BCUT2D eigenvalue weighted by atomic mass is 19.1. The van der Waals surface area contributed by atoms with Gasteiger partial charge in [-0.3, -0.25) is 0 Å². The largest absolute Gasteiger partial charge is 0.457 e. The van der Waals surface area contributed by atoms with E-state index in [2.05, 4.69) is 9.47 Å². The van der Waals surface area contributed by atoms with Gasteiger partial charge in [-0.05, 0) is 71.8 Å². The third-order valence-corrected chi connectivity index (χ3v) is 6.97. The van der Waals surface area contributed by atoms with E-state index in [1.807, 2.05) is 0 Å². The van der Waals surface area contributed by atoms with Gasteiger partial charge in [0.05, 0.1) is 27.7 Å². The van der Waals surface area contributed by atoms with Crippen molar-refractivity contribution in [1.29, 1.82) is 0 Å². The topological polar surface area (TPSA) is 105 Å². The number of cyclic esters (lactones) is 4. The smallest absolute Gasteiger partial charge is 0.347 e. The molecule has 6 rings (SSSR count). The molecule has 0 bridgehead atoms. The van der Waals surface area contributed by atoms with Gasteiger partial charge in [0.25, 0.3) is 0 Å². The monoisotopic (exact) mass is 556 g/mol. The molecular weight excluding hydrogens is 538 g/mol. The second-order valence-electron chi connectivity index (χ2n) is 9.37. The molecule has 10 heteroatoms. The molecule has 8 nitrogen and oxygen atoms in total. The lowest BCUT2D eigenvalue weighted by Gasteiger charge is -2.29. The Morgan fingerprint density at radius 1 is 0.488 bits per heavy atom. The summed E-state index contributed by atoms with van der Waals surface area (Å²) in [5, 5.41) is 0. The van der Waals surface area contributed by atoms with Crippen molar-refractivity contribution in [3.05, 3.63) is 118 Å². The summed E-state index contributed by atoms with van der Waals surface area (Å²) in [5.41, 5.74) is -0.358. The van der Waals surface area contributed by atoms with E-state index in [-0.39, 0.29) is 33.8 Å². The molecule has 0 spiro atoms. The van der Waals surface area contributed by atoms with Gasteiger partial charge in [0.15, 0.2) is 0 Å². The summed E-state index contributed by atoms with van der Waals surface area (Å²) in [6, 6.07) is 21.1. The molecule has 0 saturated carbocycles. The lowest BCUT2D eigenvalue weighted by atomic mass is 9.76. The van der Waals surface area contributed by atoms with Gasteiger partial charge in [-0.1, -0.05) is 24.3 Å². The van der Waals surface area contributed by atoms with Crippen molar-refractivity contribution in [1.82, 2.24) is 0 Å². The first kappa shape index (κ1) is 25.9. The maximum absolute atomic E-state index is 14.5. The lowest BCUT2D eigenvalue weighted by molar-refractivity contribution is 0.0425. The van der Waals surface area contributed by atoms with E-state index in [1.165, 1.54) is 36.4 Å². The van der Waals surface area contributed by atoms with Gasteiger partial charge in [0.2, 0.25) is 0 Å². The first-order valence-corrected chi connectivity index (χ1v) is 12.3. The highest BCUT2D eigenvalue weighted by molar-refractivity contribution is 6.15. The molecule has 2 aliphatic rings. The van der Waals surface area contributed by atoms with Crippen molar-refractivity contribution in [2.24, 2.45) is 0 Å². The molecule has 2 heterocycles. The van der Waals surface area contributed by atoms with Gasteiger partial charge in [0, 0.05) is 0 Å². The predicted octanol–water partition coefficient (Wildman–Crippen LogP) is 6.12. The summed E-state index contributed by atoms with van der Waals surface area (Å²) in [7, 11) is 0. The van der Waals surface area contributed by atoms with Crippen LogP contribution in [0.4, 0.5) is 8.78 Å². The number of alkyl halides is 2. The molecule has 0 aliphatic carbocycles. The minimum atomic E-state index is -1.59. The number of hydrogen-bond acceptors (Lipinski definition) is 8. The number of benzene rings is 4. The maximum Gasteiger partial charge on any atom is 0.347 e. The average molecular weight is 556 g/mol. The molecule has 0 atom stereocenters. The Balaban J connectivity index is 1.20. The fourth-order valence-corrected chi connectivity index (χ4v) is 4.72. The summed E-state index contributed by atoms with van der Waals surface area (Å²) in [6.07, 6.45) is 0. The molecule has 0 unspecified atom stereocenters. The highest BCUT2D eigenvalue weighted by Gasteiger charge is 2.35. The number of rotatable bonds is 8. The molecule has 4 aromatic rings. The van der Waals surface area contributed by atoms with Crippen molar-refractivity contribution >= 4 is 23.9 Å². The van der Waals surface area contributed by atoms with Crippen molar-refractivity contribution in [3.8, 4) is 23.0 Å². The van der Waals surface area contributed by atoms with Crippen molar-refractivity contribution < 1.29 is 46.9 Å². The quantitative estimate of drug-likeness (QED) is 0.189. The molecular formula is C31H18F2O8. The van der Waals surface area contributed by atoms with Crippen LogP contribution in [-0.2, 0) is 14.9 Å². The summed E-state index contributed by atoms with van der Waals surface area (Å²) in [5.74, 6) is -1.69. The van der Waals surface area contributed by atoms with Gasteiger partial charge in [0.1, 0.15) is 36.3 Å². The van der Waals surface area contributed by atoms with Crippen LogP contribution in [0, 0.1) is 0 Å². The molecule has 41 heavy (non-hydrogen) atoms. The van der Waals surface area contributed by atoms with Crippen molar-refractivity contribution in [3.63, 3.8) is 0 Å². The van der Waals surface area contributed by atoms with Crippen LogP contribution < -0.4 is 9.47 Å². The SMILES string of the molecule is O=C1OC(=O)c2cc(Oc3ccc(C(CF)(CF)c4ccc(Oc5ccc6c(c5)C(=O)OC6=O)cc4)cc3)ccc21. The Hall–Kier alpha value is -5.38. The van der Waals surface area contributed by atoms with E-state index >= 15 is 0 Å². The number of halogens is 2. The molecule has 0 amide bonds. The van der Waals surface area contributed by atoms with Gasteiger partial charge >= 0.3 is 23.9 Å². The van der Waals surface area contributed by atoms with Gasteiger partial charge in [-0.2, -0.15) is 0 Å². The molecule has 0 aromatic heterocycles. The number of esters is 4. The van der Waals surface area contributed by atoms with Crippen molar-refractivity contribution in [2.75, 3.05) is 13.3 Å². The second kappa shape index (κ2) is 9.98. The zero-order valence-electron chi connectivity index (χ0n) is 21.0. The van der Waals surface area contributed by atoms with Crippen LogP contribution in [0.5, 0.6) is 23.0 Å². The Morgan fingerprint density at radius 2 is 0.829 bits per heavy atom. The highest BCUT2D eigenvalue weighted by Crippen LogP contribution is 2.37. The maximum atomic E-state index is 14.5. The number of carbonyl (C=O) groups is 4. The summed E-state index contributed by atoms with van der Waals surface area (Å²) in [4.78, 5) is 46.9. The fourth-order valence-electron chi connectivity index (χ4n) is 4.72. The van der Waals surface area contributed by atoms with Crippen LogP contribution in [0.15, 0.2) is 84.9 Å². The van der Waals surface area contributed by atoms with Crippen LogP contribution in [0.25, 0.3) is 0 Å². The zero-order chi connectivity index (χ0) is 28.7. The molecule has 204 valence electrons. The van der Waals surface area contributed by atoms with Crippen LogP contribution in [0.3, 0.4) is 0 Å². The summed E-state index contributed by atoms with van der Waals surface area (Å²) >= 11 is 0. The van der Waals surface area contributed by atoms with Gasteiger partial charge < -0.3 is 18.9 Å². The normalized spacial score (nSPS) is 13.9. The minimum Gasteiger partial charge on any atom is -0.457 e. The Morgan fingerprint density at radius 3 is 1.20 bits per heavy atom. The Kier molecular flexibility index (Phi) is 6.30. The Bertz CT molecular complexity index is 1600. The molecule has 4 aromatic carbocycles. The molecule has 0 saturated heterocycles. The minimum absolute atomic E-state index is 0.0965. The Labute approximate surface area is 231 Å². The van der Waals surface area contributed by atoms with E-state index in [0.717, 1.165) is 0 Å². The first-order chi connectivity index (χ1) is 19.8. The van der Waals surface area contributed by atoms with Gasteiger partial charge in [-0.15, -0.1) is 0 Å². The van der Waals surface area contributed by atoms with Crippen LogP contribution >= 0.6 is 0 Å². The molecule has 0 fully saturated rings. The third kappa shape index (κ3) is 4.49. The molecule has 0 radical (unpaired) electrons. The van der Waals surface area contributed by atoms with E-state index in [9.17, 15) is 28.0 Å². The second-order valence-corrected chi connectivity index (χ2v) is 9.37. The van der Waals surface area contributed by atoms with E-state index in [1.54, 1.807) is 48.5 Å². The van der Waals surface area contributed by atoms with Crippen LogP contribution in [0.2, 0.25) is 0 Å². The molecule has 0 N–H and O–H groups in total. The number of hydrogen-bond donors (Lipinski definition) is 0. The average Bonchev–Trinajstić information content (AvgIpc) is 3.43. The number of carbonyl (C=O) groups excluding carboxylic acids is 4. The van der Waals surface area contributed by atoms with Crippen molar-refractivity contribution in [2.45, 2.75) is 5.41 Å². The first-order valence-electron chi connectivity index (χ1n) is 12.3. The van der Waals surface area contributed by atoms with E-state index in [0.29, 0.717) is 22.6 Å². The molecule has 2 aliphatic heterocycles. The van der Waals surface area contributed by atoms with Crippen LogP contribution in [-0.4, -0.2) is 37.2 Å². The summed E-state index contributed by atoms with van der Waals surface area (Å²) in [6.45, 7) is -2.04. The standard InChI is InChI=1S/C31H18F2O8/c32-15-31(16-33,17-1-5-19(6-2-17)38-21-9-11-23-25(13-21)29(36)40-27(23)34)18-3-7-20(8-4-18)39-22-10-12-24-26(14-22)30(37)41-28(24)35/h1-14H,15-16H2. The van der Waals surface area contributed by atoms with Gasteiger partial charge in [-0.25, -0.2) is 28.0 Å². The fraction of sp³-hybridized carbons (Fsp3) is 0.0968. The third-order valence-electron chi connectivity index (χ3n) is 6.97. The number of fused-ring (bicyclic) bond motifs is 2. The lowest BCUT2D eigenvalue weighted by Crippen LogP contribution is -2.32. The predicted molar refractivity (Wildman–Crippen MR) is 138 cm³/mol. The van der Waals surface area contributed by atoms with E-state index < -0.39 is 42.6 Å². The van der Waals surface area contributed by atoms with E-state index in [4.69, 9.17) is 9.47 Å². The summed E-state index contributed by atoms with van der Waals surface area (Å²) < 4.78 is 49.7. The van der Waals surface area contributed by atoms with Crippen LogP contribution in [0.1, 0.15) is 52.6 Å². The zero-order valence-corrected chi connectivity index (χ0v) is 21.0. The number of ether oxygens (including phenoxy) is 4.